The van der Waals surface area contributed by atoms with E-state index in [1.807, 2.05) is 67.7 Å². The molecule has 45 heavy (non-hydrogen) atoms. The molecule has 8 rings (SSSR count). The third kappa shape index (κ3) is 4.08. The molecular formula is C36H29N5O4. The highest BCUT2D eigenvalue weighted by Crippen LogP contribution is 2.54. The summed E-state index contributed by atoms with van der Waals surface area (Å²) in [7, 11) is 1.64. The predicted molar refractivity (Wildman–Crippen MR) is 169 cm³/mol. The van der Waals surface area contributed by atoms with E-state index >= 15 is 0 Å². The van der Waals surface area contributed by atoms with Crippen LogP contribution < -0.4 is 4.74 Å². The molecular weight excluding hydrogens is 566 g/mol. The van der Waals surface area contributed by atoms with Gasteiger partial charge in [-0.05, 0) is 55.3 Å². The van der Waals surface area contributed by atoms with Crippen LogP contribution in [0.4, 0.5) is 0 Å². The topological polar surface area (TPSA) is 110 Å². The van der Waals surface area contributed by atoms with Crippen molar-refractivity contribution in [3.63, 3.8) is 0 Å². The number of aromatic nitrogens is 4. The second kappa shape index (κ2) is 9.54. The molecule has 1 aliphatic carbocycles. The van der Waals surface area contributed by atoms with Crippen LogP contribution in [0.5, 0.6) is 5.75 Å². The van der Waals surface area contributed by atoms with Crippen molar-refractivity contribution in [1.82, 2.24) is 24.5 Å². The number of carbonyl (C=O) groups is 2. The fourth-order valence-electron chi connectivity index (χ4n) is 7.08. The molecule has 3 aromatic carbocycles. The normalized spacial score (nSPS) is 20.9. The minimum atomic E-state index is -1.00. The third-order valence-corrected chi connectivity index (χ3v) is 9.05. The van der Waals surface area contributed by atoms with Gasteiger partial charge >= 0.3 is 0 Å². The van der Waals surface area contributed by atoms with E-state index < -0.39 is 11.1 Å². The number of nitrogens with zero attached hydrogens (tertiary/aromatic N) is 5. The number of carbonyl (C=O) groups excluding carboxylic acids is 2. The van der Waals surface area contributed by atoms with Crippen molar-refractivity contribution in [1.29, 1.82) is 0 Å². The van der Waals surface area contributed by atoms with Gasteiger partial charge in [0.25, 0.3) is 11.8 Å². The smallest absolute Gasteiger partial charge is 0.262 e. The van der Waals surface area contributed by atoms with Crippen molar-refractivity contribution >= 4 is 28.5 Å². The number of fused-ring (bicyclic) bond motifs is 4. The minimum Gasteiger partial charge on any atom is -0.497 e. The molecule has 1 N–H and O–H groups in total. The summed E-state index contributed by atoms with van der Waals surface area (Å²) >= 11 is 0. The Bertz CT molecular complexity index is 2140. The molecule has 0 unspecified atom stereocenters. The highest BCUT2D eigenvalue weighted by atomic mass is 16.5. The lowest BCUT2D eigenvalue weighted by atomic mass is 9.61. The van der Waals surface area contributed by atoms with Gasteiger partial charge in [-0.1, -0.05) is 48.5 Å². The van der Waals surface area contributed by atoms with Crippen LogP contribution in [0.3, 0.4) is 0 Å². The van der Waals surface area contributed by atoms with E-state index in [1.165, 1.54) is 4.90 Å². The number of aryl methyl sites for hydroxylation is 1. The molecule has 2 aliphatic rings. The Morgan fingerprint density at radius 1 is 0.844 bits per heavy atom. The molecule has 3 aromatic heterocycles. The molecule has 1 saturated carbocycles. The zero-order valence-electron chi connectivity index (χ0n) is 25.0. The second-order valence-electron chi connectivity index (χ2n) is 12.3. The zero-order valence-corrected chi connectivity index (χ0v) is 25.0. The summed E-state index contributed by atoms with van der Waals surface area (Å²) < 4.78 is 7.15. The number of benzene rings is 3. The summed E-state index contributed by atoms with van der Waals surface area (Å²) in [5.41, 5.74) is 5.31. The van der Waals surface area contributed by atoms with Crippen LogP contribution in [0.2, 0.25) is 0 Å². The van der Waals surface area contributed by atoms with Crippen molar-refractivity contribution in [2.24, 2.45) is 0 Å². The van der Waals surface area contributed by atoms with E-state index in [0.29, 0.717) is 22.4 Å². The number of pyridine rings is 1. The van der Waals surface area contributed by atoms with Crippen LogP contribution in [0, 0.1) is 6.92 Å². The third-order valence-electron chi connectivity index (χ3n) is 9.05. The van der Waals surface area contributed by atoms with Gasteiger partial charge in [0.05, 0.1) is 40.8 Å². The van der Waals surface area contributed by atoms with Crippen LogP contribution in [0.25, 0.3) is 39.1 Å². The van der Waals surface area contributed by atoms with Crippen molar-refractivity contribution in [3.8, 4) is 28.1 Å². The van der Waals surface area contributed by atoms with E-state index in [2.05, 4.69) is 16.1 Å². The number of ether oxygens (including phenoxy) is 1. The monoisotopic (exact) mass is 595 g/mol. The lowest BCUT2D eigenvalue weighted by molar-refractivity contribution is -0.118. The number of hydrogen-bond acceptors (Lipinski definition) is 7. The number of methoxy groups -OCH3 is 1. The molecule has 9 nitrogen and oxygen atoms in total. The molecule has 1 aliphatic heterocycles. The molecule has 0 atom stereocenters. The SMILES string of the molecule is COc1ccc(-c2cc3cnc4cc(C)nn4c3nc2-c2ccc([C@]3(N4C(=O)c5ccccc5C4=O)C[C@@](C)(O)C3)cc2)cc1. The first-order chi connectivity index (χ1) is 21.7. The highest BCUT2D eigenvalue weighted by molar-refractivity contribution is 6.22. The van der Waals surface area contributed by atoms with Crippen molar-refractivity contribution in [2.75, 3.05) is 7.11 Å². The van der Waals surface area contributed by atoms with Gasteiger partial charge in [0.2, 0.25) is 0 Å². The van der Waals surface area contributed by atoms with Crippen molar-refractivity contribution in [3.05, 3.63) is 114 Å². The van der Waals surface area contributed by atoms with Gasteiger partial charge in [0.15, 0.2) is 11.3 Å². The molecule has 0 bridgehead atoms. The van der Waals surface area contributed by atoms with Gasteiger partial charge in [-0.3, -0.25) is 14.5 Å². The maximum atomic E-state index is 13.6. The Hall–Kier alpha value is -5.41. The Balaban J connectivity index is 1.27. The Kier molecular flexibility index (Phi) is 5.76. The Morgan fingerprint density at radius 3 is 2.11 bits per heavy atom. The van der Waals surface area contributed by atoms with Gasteiger partial charge < -0.3 is 9.84 Å². The highest BCUT2D eigenvalue weighted by Gasteiger charge is 2.60. The van der Waals surface area contributed by atoms with E-state index in [1.54, 1.807) is 42.8 Å². The molecule has 1 fully saturated rings. The average Bonchev–Trinajstić information content (AvgIpc) is 3.55. The Labute approximate surface area is 258 Å². The molecule has 9 heteroatoms. The number of imide groups is 1. The summed E-state index contributed by atoms with van der Waals surface area (Å²) in [6.07, 6.45) is 2.31. The standard InChI is InChI=1S/C36H29N5O4/c1-21-16-30-37-18-24-17-29(22-10-14-26(45-3)15-11-22)31(38-32(24)41(30)39-21)23-8-12-25(13-9-23)36(19-35(2,44)20-36)40-33(42)27-6-4-5-7-28(27)34(40)43/h4-18,44H,19-20H2,1-3H3/t35-,36+. The van der Waals surface area contributed by atoms with E-state index in [0.717, 1.165) is 44.8 Å². The lowest BCUT2D eigenvalue weighted by Gasteiger charge is -2.55. The van der Waals surface area contributed by atoms with Gasteiger partial charge in [-0.2, -0.15) is 9.61 Å². The summed E-state index contributed by atoms with van der Waals surface area (Å²) in [6.45, 7) is 3.67. The zero-order chi connectivity index (χ0) is 31.1. The van der Waals surface area contributed by atoms with Crippen LogP contribution in [0.15, 0.2) is 91.1 Å². The first-order valence-electron chi connectivity index (χ1n) is 14.8. The quantitative estimate of drug-likeness (QED) is 0.245. The molecule has 222 valence electrons. The molecule has 2 amide bonds. The number of hydrogen-bond donors (Lipinski definition) is 1. The van der Waals surface area contributed by atoms with Crippen LogP contribution >= 0.6 is 0 Å². The number of rotatable bonds is 5. The summed E-state index contributed by atoms with van der Waals surface area (Å²) in [5.74, 6) is 0.0873. The summed E-state index contributed by atoms with van der Waals surface area (Å²) in [4.78, 5) is 38.3. The fourth-order valence-corrected chi connectivity index (χ4v) is 7.08. The lowest BCUT2D eigenvalue weighted by Crippen LogP contribution is -2.63. The molecule has 0 saturated heterocycles. The average molecular weight is 596 g/mol. The van der Waals surface area contributed by atoms with Crippen LogP contribution in [-0.2, 0) is 5.54 Å². The van der Waals surface area contributed by atoms with Crippen molar-refractivity contribution in [2.45, 2.75) is 37.8 Å². The second-order valence-corrected chi connectivity index (χ2v) is 12.3. The predicted octanol–water partition coefficient (Wildman–Crippen LogP) is 5.96. The first-order valence-corrected chi connectivity index (χ1v) is 14.8. The maximum Gasteiger partial charge on any atom is 0.262 e. The van der Waals surface area contributed by atoms with Gasteiger partial charge in [-0.15, -0.1) is 0 Å². The van der Waals surface area contributed by atoms with E-state index in [4.69, 9.17) is 9.72 Å². The molecule has 0 spiro atoms. The van der Waals surface area contributed by atoms with Gasteiger partial charge in [0, 0.05) is 41.6 Å². The van der Waals surface area contributed by atoms with Gasteiger partial charge in [-0.25, -0.2) is 9.97 Å². The molecule has 6 aromatic rings. The van der Waals surface area contributed by atoms with E-state index in [9.17, 15) is 14.7 Å². The van der Waals surface area contributed by atoms with E-state index in [-0.39, 0.29) is 24.7 Å². The van der Waals surface area contributed by atoms with Crippen LogP contribution in [0.1, 0.15) is 51.7 Å². The van der Waals surface area contributed by atoms with Crippen LogP contribution in [-0.4, -0.2) is 54.1 Å². The van der Waals surface area contributed by atoms with Crippen molar-refractivity contribution < 1.29 is 19.4 Å². The molecule has 4 heterocycles. The largest absolute Gasteiger partial charge is 0.497 e. The summed E-state index contributed by atoms with van der Waals surface area (Å²) in [6, 6.07) is 26.5. The molecule has 0 radical (unpaired) electrons. The fraction of sp³-hybridized carbons (Fsp3) is 0.194. The minimum absolute atomic E-state index is 0.250. The Morgan fingerprint density at radius 2 is 1.49 bits per heavy atom. The maximum absolute atomic E-state index is 13.6. The first kappa shape index (κ1) is 27.2. The summed E-state index contributed by atoms with van der Waals surface area (Å²) in [5, 5.41) is 16.4. The number of aliphatic hydroxyl groups is 1. The number of amides is 2. The van der Waals surface area contributed by atoms with Gasteiger partial charge in [0.1, 0.15) is 5.75 Å².